The highest BCUT2D eigenvalue weighted by atomic mass is 16.5. The number of anilines is 1. The summed E-state index contributed by atoms with van der Waals surface area (Å²) in [6.45, 7) is 4.29. The van der Waals surface area contributed by atoms with Crippen LogP contribution < -0.4 is 10.1 Å². The molecule has 2 aromatic rings. The van der Waals surface area contributed by atoms with E-state index in [1.54, 1.807) is 13.4 Å². The SMILES string of the molecule is CNc1ncnc(-c2ccc(OC)cc2)c1C(C)C. The third-order valence-corrected chi connectivity index (χ3v) is 3.06. The van der Waals surface area contributed by atoms with Crippen molar-refractivity contribution in [3.63, 3.8) is 0 Å². The van der Waals surface area contributed by atoms with Gasteiger partial charge in [-0.3, -0.25) is 0 Å². The smallest absolute Gasteiger partial charge is 0.133 e. The number of aromatic nitrogens is 2. The van der Waals surface area contributed by atoms with E-state index < -0.39 is 0 Å². The van der Waals surface area contributed by atoms with Crippen LogP contribution in [0.3, 0.4) is 0 Å². The van der Waals surface area contributed by atoms with Crippen molar-refractivity contribution in [2.24, 2.45) is 0 Å². The van der Waals surface area contributed by atoms with E-state index in [9.17, 15) is 0 Å². The molecule has 0 atom stereocenters. The van der Waals surface area contributed by atoms with Crippen LogP contribution in [0.25, 0.3) is 11.3 Å². The van der Waals surface area contributed by atoms with Gasteiger partial charge in [0.25, 0.3) is 0 Å². The Hall–Kier alpha value is -2.10. The van der Waals surface area contributed by atoms with Crippen LogP contribution in [0.15, 0.2) is 30.6 Å². The first-order valence-electron chi connectivity index (χ1n) is 6.34. The Kier molecular flexibility index (Phi) is 4.00. The molecule has 0 saturated heterocycles. The molecular formula is C15H19N3O. The van der Waals surface area contributed by atoms with E-state index in [4.69, 9.17) is 4.74 Å². The Morgan fingerprint density at radius 2 is 1.79 bits per heavy atom. The zero-order valence-electron chi connectivity index (χ0n) is 11.8. The van der Waals surface area contributed by atoms with Gasteiger partial charge in [-0.1, -0.05) is 13.8 Å². The summed E-state index contributed by atoms with van der Waals surface area (Å²) in [4.78, 5) is 8.73. The lowest BCUT2D eigenvalue weighted by molar-refractivity contribution is 0.415. The van der Waals surface area contributed by atoms with E-state index in [1.165, 1.54) is 0 Å². The highest BCUT2D eigenvalue weighted by Crippen LogP contribution is 2.32. The van der Waals surface area contributed by atoms with E-state index in [-0.39, 0.29) is 0 Å². The number of methoxy groups -OCH3 is 1. The Morgan fingerprint density at radius 3 is 2.32 bits per heavy atom. The van der Waals surface area contributed by atoms with E-state index >= 15 is 0 Å². The number of benzene rings is 1. The summed E-state index contributed by atoms with van der Waals surface area (Å²) < 4.78 is 5.18. The number of ether oxygens (including phenoxy) is 1. The average Bonchev–Trinajstić information content (AvgIpc) is 2.46. The van der Waals surface area contributed by atoms with Crippen LogP contribution in [0, 0.1) is 0 Å². The van der Waals surface area contributed by atoms with Crippen LogP contribution >= 0.6 is 0 Å². The molecule has 0 fully saturated rings. The lowest BCUT2D eigenvalue weighted by atomic mass is 9.97. The highest BCUT2D eigenvalue weighted by molar-refractivity contribution is 5.69. The third-order valence-electron chi connectivity index (χ3n) is 3.06. The van der Waals surface area contributed by atoms with Crippen molar-refractivity contribution in [2.45, 2.75) is 19.8 Å². The fourth-order valence-electron chi connectivity index (χ4n) is 2.12. The second-order valence-corrected chi connectivity index (χ2v) is 4.62. The zero-order valence-corrected chi connectivity index (χ0v) is 11.8. The summed E-state index contributed by atoms with van der Waals surface area (Å²) in [6, 6.07) is 7.93. The van der Waals surface area contributed by atoms with Crippen molar-refractivity contribution >= 4 is 5.82 Å². The molecule has 0 spiro atoms. The van der Waals surface area contributed by atoms with Crippen LogP contribution in [-0.2, 0) is 0 Å². The van der Waals surface area contributed by atoms with E-state index in [2.05, 4.69) is 29.1 Å². The van der Waals surface area contributed by atoms with Gasteiger partial charge in [0.1, 0.15) is 17.9 Å². The maximum absolute atomic E-state index is 5.18. The van der Waals surface area contributed by atoms with Gasteiger partial charge in [0.05, 0.1) is 12.8 Å². The first-order valence-corrected chi connectivity index (χ1v) is 6.34. The maximum Gasteiger partial charge on any atom is 0.133 e. The van der Waals surface area contributed by atoms with Crippen LogP contribution in [-0.4, -0.2) is 24.1 Å². The van der Waals surface area contributed by atoms with Gasteiger partial charge in [0.15, 0.2) is 0 Å². The predicted octanol–water partition coefficient (Wildman–Crippen LogP) is 3.32. The van der Waals surface area contributed by atoms with Crippen molar-refractivity contribution in [1.29, 1.82) is 0 Å². The number of hydrogen-bond acceptors (Lipinski definition) is 4. The lowest BCUT2D eigenvalue weighted by Gasteiger charge is -2.15. The predicted molar refractivity (Wildman–Crippen MR) is 77.7 cm³/mol. The fraction of sp³-hybridized carbons (Fsp3) is 0.333. The minimum Gasteiger partial charge on any atom is -0.497 e. The first kappa shape index (κ1) is 13.3. The first-order chi connectivity index (χ1) is 9.17. The molecule has 1 heterocycles. The van der Waals surface area contributed by atoms with E-state index in [0.717, 1.165) is 28.4 Å². The quantitative estimate of drug-likeness (QED) is 0.912. The van der Waals surface area contributed by atoms with Crippen LogP contribution in [0.2, 0.25) is 0 Å². The summed E-state index contributed by atoms with van der Waals surface area (Å²) in [5.74, 6) is 2.08. The second kappa shape index (κ2) is 5.69. The molecule has 100 valence electrons. The topological polar surface area (TPSA) is 47.0 Å². The summed E-state index contributed by atoms with van der Waals surface area (Å²) >= 11 is 0. The Labute approximate surface area is 113 Å². The molecule has 0 amide bonds. The molecule has 1 N–H and O–H groups in total. The van der Waals surface area contributed by atoms with Gasteiger partial charge in [0.2, 0.25) is 0 Å². The van der Waals surface area contributed by atoms with Crippen molar-refractivity contribution in [1.82, 2.24) is 9.97 Å². The lowest BCUT2D eigenvalue weighted by Crippen LogP contribution is -2.04. The summed E-state index contributed by atoms with van der Waals surface area (Å²) in [5, 5.41) is 3.13. The second-order valence-electron chi connectivity index (χ2n) is 4.62. The normalized spacial score (nSPS) is 10.6. The number of hydrogen-bond donors (Lipinski definition) is 1. The highest BCUT2D eigenvalue weighted by Gasteiger charge is 2.15. The largest absolute Gasteiger partial charge is 0.497 e. The van der Waals surface area contributed by atoms with Gasteiger partial charge in [-0.25, -0.2) is 9.97 Å². The minimum atomic E-state index is 0.348. The summed E-state index contributed by atoms with van der Waals surface area (Å²) in [5.41, 5.74) is 3.18. The van der Waals surface area contributed by atoms with Crippen LogP contribution in [0.4, 0.5) is 5.82 Å². The van der Waals surface area contributed by atoms with E-state index in [1.807, 2.05) is 31.3 Å². The van der Waals surface area contributed by atoms with Gasteiger partial charge >= 0.3 is 0 Å². The molecule has 4 nitrogen and oxygen atoms in total. The van der Waals surface area contributed by atoms with Crippen molar-refractivity contribution in [3.8, 4) is 17.0 Å². The molecule has 0 aliphatic carbocycles. The van der Waals surface area contributed by atoms with Gasteiger partial charge in [-0.2, -0.15) is 0 Å². The zero-order chi connectivity index (χ0) is 13.8. The maximum atomic E-state index is 5.18. The van der Waals surface area contributed by atoms with Crippen LogP contribution in [0.5, 0.6) is 5.75 Å². The summed E-state index contributed by atoms with van der Waals surface area (Å²) in [7, 11) is 3.55. The van der Waals surface area contributed by atoms with Gasteiger partial charge in [0, 0.05) is 18.2 Å². The Morgan fingerprint density at radius 1 is 1.11 bits per heavy atom. The molecule has 0 aliphatic heterocycles. The molecule has 1 aromatic carbocycles. The third kappa shape index (κ3) is 2.67. The van der Waals surface area contributed by atoms with Gasteiger partial charge < -0.3 is 10.1 Å². The molecule has 1 aromatic heterocycles. The monoisotopic (exact) mass is 257 g/mol. The van der Waals surface area contributed by atoms with E-state index in [0.29, 0.717) is 5.92 Å². The molecular weight excluding hydrogens is 238 g/mol. The molecule has 4 heteroatoms. The molecule has 0 unspecified atom stereocenters. The number of rotatable bonds is 4. The minimum absolute atomic E-state index is 0.348. The fourth-order valence-corrected chi connectivity index (χ4v) is 2.12. The van der Waals surface area contributed by atoms with Crippen molar-refractivity contribution < 1.29 is 4.74 Å². The Bertz CT molecular complexity index is 550. The van der Waals surface area contributed by atoms with Crippen molar-refractivity contribution in [3.05, 3.63) is 36.2 Å². The van der Waals surface area contributed by atoms with Gasteiger partial charge in [-0.15, -0.1) is 0 Å². The standard InChI is InChI=1S/C15H19N3O/c1-10(2)13-14(17-9-18-15(13)16-3)11-5-7-12(19-4)8-6-11/h5-10H,1-4H3,(H,16,17,18). The molecule has 0 saturated carbocycles. The molecule has 2 rings (SSSR count). The number of nitrogens with zero attached hydrogens (tertiary/aromatic N) is 2. The molecule has 0 radical (unpaired) electrons. The van der Waals surface area contributed by atoms with Gasteiger partial charge in [-0.05, 0) is 30.2 Å². The molecule has 19 heavy (non-hydrogen) atoms. The summed E-state index contributed by atoms with van der Waals surface area (Å²) in [6.07, 6.45) is 1.59. The Balaban J connectivity index is 2.54. The van der Waals surface area contributed by atoms with Crippen LogP contribution in [0.1, 0.15) is 25.3 Å². The average molecular weight is 257 g/mol. The number of nitrogens with one attached hydrogen (secondary N) is 1. The molecule has 0 aliphatic rings. The van der Waals surface area contributed by atoms with Crippen molar-refractivity contribution in [2.75, 3.05) is 19.5 Å². The molecule has 0 bridgehead atoms.